The largest absolute Gasteiger partial charge is 0.486 e. The van der Waals surface area contributed by atoms with Crippen molar-refractivity contribution in [3.63, 3.8) is 0 Å². The maximum atomic E-state index is 13.4. The molecule has 0 amide bonds. The van der Waals surface area contributed by atoms with Gasteiger partial charge in [-0.3, -0.25) is 4.68 Å². The Bertz CT molecular complexity index is 628. The molecule has 0 fully saturated rings. The summed E-state index contributed by atoms with van der Waals surface area (Å²) in [6.45, 7) is 2.27. The quantitative estimate of drug-likeness (QED) is 0.848. The van der Waals surface area contributed by atoms with E-state index in [0.29, 0.717) is 0 Å². The number of aryl methyl sites for hydroxylation is 2. The van der Waals surface area contributed by atoms with Crippen molar-refractivity contribution in [1.82, 2.24) is 9.78 Å². The van der Waals surface area contributed by atoms with Crippen LogP contribution in [0.1, 0.15) is 23.9 Å². The minimum Gasteiger partial charge on any atom is -0.486 e. The van der Waals surface area contributed by atoms with Crippen LogP contribution in [0, 0.1) is 17.1 Å². The highest BCUT2D eigenvalue weighted by molar-refractivity contribution is 5.43. The van der Waals surface area contributed by atoms with Gasteiger partial charge in [0.15, 0.2) is 0 Å². The Morgan fingerprint density at radius 2 is 2.26 bits per heavy atom. The summed E-state index contributed by atoms with van der Waals surface area (Å²) >= 11 is 0. The zero-order valence-corrected chi connectivity index (χ0v) is 10.9. The molecule has 0 spiro atoms. The molecule has 0 bridgehead atoms. The van der Waals surface area contributed by atoms with Crippen molar-refractivity contribution in [3.05, 3.63) is 47.0 Å². The van der Waals surface area contributed by atoms with Crippen LogP contribution in [-0.4, -0.2) is 9.78 Å². The summed E-state index contributed by atoms with van der Waals surface area (Å²) in [6.07, 6.45) is 0.844. The molecule has 0 aliphatic carbocycles. The number of hydrogen-bond acceptors (Lipinski definition) is 3. The van der Waals surface area contributed by atoms with Gasteiger partial charge < -0.3 is 4.74 Å². The molecule has 0 radical (unpaired) electrons. The zero-order valence-electron chi connectivity index (χ0n) is 10.9. The van der Waals surface area contributed by atoms with E-state index in [0.717, 1.165) is 17.8 Å². The second-order valence-electron chi connectivity index (χ2n) is 4.12. The molecule has 0 atom stereocenters. The van der Waals surface area contributed by atoms with Gasteiger partial charge in [-0.25, -0.2) is 4.39 Å². The first-order valence-corrected chi connectivity index (χ1v) is 5.99. The summed E-state index contributed by atoms with van der Waals surface area (Å²) in [5.74, 6) is -0.319. The highest BCUT2D eigenvalue weighted by Crippen LogP contribution is 2.21. The van der Waals surface area contributed by atoms with E-state index in [-0.39, 0.29) is 17.9 Å². The van der Waals surface area contributed by atoms with E-state index in [2.05, 4.69) is 5.10 Å². The Hall–Kier alpha value is -2.35. The fraction of sp³-hybridized carbons (Fsp3) is 0.286. The number of ether oxygens (including phenoxy) is 1. The van der Waals surface area contributed by atoms with E-state index in [1.54, 1.807) is 10.7 Å². The molecule has 4 nitrogen and oxygen atoms in total. The van der Waals surface area contributed by atoms with Crippen LogP contribution < -0.4 is 4.74 Å². The van der Waals surface area contributed by atoms with Crippen molar-refractivity contribution in [1.29, 1.82) is 5.26 Å². The van der Waals surface area contributed by atoms with Crippen LogP contribution in [0.2, 0.25) is 0 Å². The van der Waals surface area contributed by atoms with Crippen LogP contribution in [0.3, 0.4) is 0 Å². The summed E-state index contributed by atoms with van der Waals surface area (Å²) < 4.78 is 20.6. The Labute approximate surface area is 111 Å². The molecule has 2 rings (SSSR count). The van der Waals surface area contributed by atoms with Crippen LogP contribution in [0.5, 0.6) is 5.75 Å². The lowest BCUT2D eigenvalue weighted by Crippen LogP contribution is -2.04. The fourth-order valence-electron chi connectivity index (χ4n) is 1.76. The molecule has 0 N–H and O–H groups in total. The number of aromatic nitrogens is 2. The smallest absolute Gasteiger partial charge is 0.144 e. The van der Waals surface area contributed by atoms with Gasteiger partial charge in [0.25, 0.3) is 0 Å². The standard InChI is InChI=1S/C14H14FN3O/c1-3-10-7-11(18(2)17-10)9-19-14-6-4-5-13(15)12(14)8-16/h4-7H,3,9H2,1-2H3. The van der Waals surface area contributed by atoms with E-state index < -0.39 is 5.82 Å². The Morgan fingerprint density at radius 1 is 1.47 bits per heavy atom. The third-order valence-corrected chi connectivity index (χ3v) is 2.85. The first-order valence-electron chi connectivity index (χ1n) is 5.99. The summed E-state index contributed by atoms with van der Waals surface area (Å²) in [6, 6.07) is 8.09. The number of nitriles is 1. The van der Waals surface area contributed by atoms with Gasteiger partial charge in [-0.1, -0.05) is 13.0 Å². The zero-order chi connectivity index (χ0) is 13.8. The van der Waals surface area contributed by atoms with Gasteiger partial charge in [-0.2, -0.15) is 10.4 Å². The minimum atomic E-state index is -0.570. The SMILES string of the molecule is CCc1cc(COc2cccc(F)c2C#N)n(C)n1. The van der Waals surface area contributed by atoms with Gasteiger partial charge in [0, 0.05) is 7.05 Å². The fourth-order valence-corrected chi connectivity index (χ4v) is 1.76. The molecule has 0 saturated heterocycles. The molecule has 0 aliphatic heterocycles. The molecule has 1 aromatic carbocycles. The van der Waals surface area contributed by atoms with Crippen LogP contribution in [-0.2, 0) is 20.1 Å². The number of halogens is 1. The molecule has 1 aromatic heterocycles. The van der Waals surface area contributed by atoms with Crippen molar-refractivity contribution in [3.8, 4) is 11.8 Å². The molecule has 98 valence electrons. The van der Waals surface area contributed by atoms with Crippen LogP contribution in [0.4, 0.5) is 4.39 Å². The minimum absolute atomic E-state index is 0.0691. The summed E-state index contributed by atoms with van der Waals surface area (Å²) in [4.78, 5) is 0. The maximum absolute atomic E-state index is 13.4. The number of benzene rings is 1. The molecule has 0 aliphatic rings. The summed E-state index contributed by atoms with van der Waals surface area (Å²) in [5.41, 5.74) is 1.78. The Balaban J connectivity index is 2.17. The van der Waals surface area contributed by atoms with Crippen molar-refractivity contribution in [2.45, 2.75) is 20.0 Å². The van der Waals surface area contributed by atoms with Crippen LogP contribution in [0.25, 0.3) is 0 Å². The van der Waals surface area contributed by atoms with Gasteiger partial charge in [0.2, 0.25) is 0 Å². The lowest BCUT2D eigenvalue weighted by atomic mass is 10.2. The normalized spacial score (nSPS) is 10.2. The van der Waals surface area contributed by atoms with Gasteiger partial charge >= 0.3 is 0 Å². The summed E-state index contributed by atoms with van der Waals surface area (Å²) in [5, 5.41) is 13.2. The maximum Gasteiger partial charge on any atom is 0.144 e. The molecule has 5 heteroatoms. The molecule has 0 saturated carbocycles. The van der Waals surface area contributed by atoms with E-state index in [1.807, 2.05) is 26.1 Å². The Kier molecular flexibility index (Phi) is 3.81. The van der Waals surface area contributed by atoms with E-state index >= 15 is 0 Å². The molecule has 2 aromatic rings. The van der Waals surface area contributed by atoms with E-state index in [4.69, 9.17) is 10.00 Å². The number of hydrogen-bond donors (Lipinski definition) is 0. The van der Waals surface area contributed by atoms with Gasteiger partial charge in [-0.15, -0.1) is 0 Å². The number of rotatable bonds is 4. The first kappa shape index (κ1) is 13.1. The predicted octanol–water partition coefficient (Wildman–Crippen LogP) is 2.57. The summed E-state index contributed by atoms with van der Waals surface area (Å²) in [7, 11) is 1.83. The first-order chi connectivity index (χ1) is 9.15. The molecular weight excluding hydrogens is 245 g/mol. The average Bonchev–Trinajstić information content (AvgIpc) is 2.77. The van der Waals surface area contributed by atoms with Crippen molar-refractivity contribution in [2.24, 2.45) is 7.05 Å². The van der Waals surface area contributed by atoms with Gasteiger partial charge in [-0.05, 0) is 24.6 Å². The van der Waals surface area contributed by atoms with Gasteiger partial charge in [0.1, 0.15) is 29.8 Å². The molecule has 1 heterocycles. The van der Waals surface area contributed by atoms with Crippen molar-refractivity contribution < 1.29 is 9.13 Å². The molecular formula is C14H14FN3O. The third kappa shape index (κ3) is 2.74. The van der Waals surface area contributed by atoms with Gasteiger partial charge in [0.05, 0.1) is 11.4 Å². The second-order valence-corrected chi connectivity index (χ2v) is 4.12. The monoisotopic (exact) mass is 259 g/mol. The number of nitrogens with zero attached hydrogens (tertiary/aromatic N) is 3. The van der Waals surface area contributed by atoms with Crippen LogP contribution >= 0.6 is 0 Å². The lowest BCUT2D eigenvalue weighted by Gasteiger charge is -2.08. The lowest BCUT2D eigenvalue weighted by molar-refractivity contribution is 0.292. The molecule has 19 heavy (non-hydrogen) atoms. The predicted molar refractivity (Wildman–Crippen MR) is 68.0 cm³/mol. The van der Waals surface area contributed by atoms with Crippen LogP contribution in [0.15, 0.2) is 24.3 Å². The van der Waals surface area contributed by atoms with E-state index in [9.17, 15) is 4.39 Å². The van der Waals surface area contributed by atoms with E-state index in [1.165, 1.54) is 12.1 Å². The van der Waals surface area contributed by atoms with Crippen molar-refractivity contribution in [2.75, 3.05) is 0 Å². The molecule has 0 unspecified atom stereocenters. The highest BCUT2D eigenvalue weighted by Gasteiger charge is 2.10. The Morgan fingerprint density at radius 3 is 2.89 bits per heavy atom. The average molecular weight is 259 g/mol. The third-order valence-electron chi connectivity index (χ3n) is 2.85. The topological polar surface area (TPSA) is 50.8 Å². The highest BCUT2D eigenvalue weighted by atomic mass is 19.1. The second kappa shape index (κ2) is 5.53. The van der Waals surface area contributed by atoms with Crippen molar-refractivity contribution >= 4 is 0 Å².